The number of methoxy groups -OCH3 is 1. The highest BCUT2D eigenvalue weighted by Crippen LogP contribution is 2.37. The molecule has 1 saturated carbocycles. The minimum Gasteiger partial charge on any atom is -0.383 e. The summed E-state index contributed by atoms with van der Waals surface area (Å²) in [4.78, 5) is 2.70. The number of nitrogens with zero attached hydrogens (tertiary/aromatic N) is 1. The lowest BCUT2D eigenvalue weighted by atomic mass is 9.74. The Morgan fingerprint density at radius 3 is 2.74 bits per heavy atom. The smallest absolute Gasteiger partial charge is 0.0589 e. The van der Waals surface area contributed by atoms with Crippen LogP contribution in [0.2, 0.25) is 0 Å². The van der Waals surface area contributed by atoms with Gasteiger partial charge in [-0.15, -0.1) is 0 Å². The second-order valence-corrected chi connectivity index (χ2v) is 7.20. The lowest BCUT2D eigenvalue weighted by Gasteiger charge is -2.42. The summed E-state index contributed by atoms with van der Waals surface area (Å²) in [5.74, 6) is 0. The zero-order valence-corrected chi connectivity index (χ0v) is 13.1. The molecule has 0 spiro atoms. The van der Waals surface area contributed by atoms with Crippen molar-refractivity contribution in [3.8, 4) is 0 Å². The van der Waals surface area contributed by atoms with Crippen LogP contribution in [0.25, 0.3) is 0 Å². The largest absolute Gasteiger partial charge is 0.383 e. The molecule has 0 aromatic rings. The first-order chi connectivity index (χ1) is 9.11. The monoisotopic (exact) mass is 268 g/mol. The first kappa shape index (κ1) is 15.3. The Kier molecular flexibility index (Phi) is 5.67. The molecule has 2 rings (SSSR count). The summed E-state index contributed by atoms with van der Waals surface area (Å²) in [5.41, 5.74) is 0.525. The summed E-state index contributed by atoms with van der Waals surface area (Å²) in [6, 6.07) is 1.48. The zero-order valence-electron chi connectivity index (χ0n) is 13.1. The molecule has 3 heteroatoms. The summed E-state index contributed by atoms with van der Waals surface area (Å²) in [5, 5.41) is 3.64. The molecule has 1 aliphatic heterocycles. The van der Waals surface area contributed by atoms with E-state index in [-0.39, 0.29) is 0 Å². The van der Waals surface area contributed by atoms with Crippen LogP contribution in [-0.2, 0) is 4.74 Å². The Hall–Kier alpha value is -0.120. The van der Waals surface area contributed by atoms with Gasteiger partial charge in [0.15, 0.2) is 0 Å². The third kappa shape index (κ3) is 4.73. The molecule has 1 N–H and O–H groups in total. The molecule has 1 aliphatic carbocycles. The van der Waals surface area contributed by atoms with E-state index < -0.39 is 0 Å². The number of ether oxygens (including phenoxy) is 1. The molecule has 0 aromatic carbocycles. The average Bonchev–Trinajstić information content (AvgIpc) is 2.86. The maximum absolute atomic E-state index is 5.32. The van der Waals surface area contributed by atoms with Crippen LogP contribution in [0.5, 0.6) is 0 Å². The van der Waals surface area contributed by atoms with E-state index in [4.69, 9.17) is 4.74 Å². The van der Waals surface area contributed by atoms with Crippen LogP contribution in [0.1, 0.15) is 52.4 Å². The van der Waals surface area contributed by atoms with Gasteiger partial charge in [-0.3, -0.25) is 4.90 Å². The number of hydrogen-bond acceptors (Lipinski definition) is 3. The van der Waals surface area contributed by atoms with Gasteiger partial charge in [-0.25, -0.2) is 0 Å². The Labute approximate surface area is 119 Å². The van der Waals surface area contributed by atoms with Gasteiger partial charge in [0.05, 0.1) is 6.61 Å². The normalized spacial score (nSPS) is 30.9. The van der Waals surface area contributed by atoms with Gasteiger partial charge in [-0.05, 0) is 44.1 Å². The van der Waals surface area contributed by atoms with Crippen LogP contribution >= 0.6 is 0 Å². The molecule has 2 fully saturated rings. The molecule has 112 valence electrons. The van der Waals surface area contributed by atoms with E-state index in [9.17, 15) is 0 Å². The number of hydrogen-bond donors (Lipinski definition) is 1. The third-order valence-electron chi connectivity index (χ3n) is 4.90. The molecule has 0 aromatic heterocycles. The van der Waals surface area contributed by atoms with Crippen LogP contribution in [-0.4, -0.2) is 50.3 Å². The Bertz CT molecular complexity index is 261. The van der Waals surface area contributed by atoms with E-state index in [0.29, 0.717) is 11.5 Å². The molecular weight excluding hydrogens is 236 g/mol. The second kappa shape index (κ2) is 7.05. The van der Waals surface area contributed by atoms with Gasteiger partial charge < -0.3 is 10.1 Å². The SMILES string of the molecule is COCCN(CC1CCCN1)C1CCCC(C)(C)C1. The van der Waals surface area contributed by atoms with E-state index in [2.05, 4.69) is 24.1 Å². The van der Waals surface area contributed by atoms with Crippen molar-refractivity contribution in [3.63, 3.8) is 0 Å². The minimum atomic E-state index is 0.525. The Morgan fingerprint density at radius 2 is 2.11 bits per heavy atom. The van der Waals surface area contributed by atoms with Gasteiger partial charge in [0, 0.05) is 32.3 Å². The lowest BCUT2D eigenvalue weighted by Crippen LogP contribution is -2.47. The summed E-state index contributed by atoms with van der Waals surface area (Å²) in [7, 11) is 1.82. The second-order valence-electron chi connectivity index (χ2n) is 7.20. The van der Waals surface area contributed by atoms with Crippen LogP contribution in [0.4, 0.5) is 0 Å². The van der Waals surface area contributed by atoms with E-state index >= 15 is 0 Å². The van der Waals surface area contributed by atoms with Crippen LogP contribution in [0.15, 0.2) is 0 Å². The van der Waals surface area contributed by atoms with E-state index in [1.165, 1.54) is 51.6 Å². The molecule has 0 radical (unpaired) electrons. The van der Waals surface area contributed by atoms with Crippen molar-refractivity contribution < 1.29 is 4.74 Å². The van der Waals surface area contributed by atoms with Crippen molar-refractivity contribution in [2.75, 3.05) is 33.4 Å². The molecule has 0 amide bonds. The molecular formula is C16H32N2O. The minimum absolute atomic E-state index is 0.525. The van der Waals surface area contributed by atoms with Gasteiger partial charge in [-0.2, -0.15) is 0 Å². The highest BCUT2D eigenvalue weighted by atomic mass is 16.5. The van der Waals surface area contributed by atoms with Crippen molar-refractivity contribution in [2.24, 2.45) is 5.41 Å². The fourth-order valence-corrected chi connectivity index (χ4v) is 3.80. The highest BCUT2D eigenvalue weighted by Gasteiger charge is 2.32. The maximum Gasteiger partial charge on any atom is 0.0589 e. The molecule has 0 bridgehead atoms. The fourth-order valence-electron chi connectivity index (χ4n) is 3.80. The van der Waals surface area contributed by atoms with Crippen molar-refractivity contribution in [1.29, 1.82) is 0 Å². The summed E-state index contributed by atoms with van der Waals surface area (Å²) in [6.45, 7) is 9.24. The number of rotatable bonds is 6. The van der Waals surface area contributed by atoms with E-state index in [1.54, 1.807) is 0 Å². The molecule has 2 atom stereocenters. The lowest BCUT2D eigenvalue weighted by molar-refractivity contribution is 0.0626. The predicted octanol–water partition coefficient (Wildman–Crippen LogP) is 2.66. The van der Waals surface area contributed by atoms with Gasteiger partial charge in [0.1, 0.15) is 0 Å². The Morgan fingerprint density at radius 1 is 1.26 bits per heavy atom. The maximum atomic E-state index is 5.32. The highest BCUT2D eigenvalue weighted by molar-refractivity contribution is 4.88. The summed E-state index contributed by atoms with van der Waals surface area (Å²) < 4.78 is 5.32. The van der Waals surface area contributed by atoms with Crippen molar-refractivity contribution >= 4 is 0 Å². The zero-order chi connectivity index (χ0) is 13.7. The van der Waals surface area contributed by atoms with Crippen LogP contribution in [0.3, 0.4) is 0 Å². The van der Waals surface area contributed by atoms with E-state index in [0.717, 1.165) is 19.2 Å². The van der Waals surface area contributed by atoms with Crippen LogP contribution in [0, 0.1) is 5.41 Å². The third-order valence-corrected chi connectivity index (χ3v) is 4.90. The van der Waals surface area contributed by atoms with Crippen LogP contribution < -0.4 is 5.32 Å². The topological polar surface area (TPSA) is 24.5 Å². The van der Waals surface area contributed by atoms with Gasteiger partial charge in [0.2, 0.25) is 0 Å². The Balaban J connectivity index is 1.91. The number of nitrogens with one attached hydrogen (secondary N) is 1. The molecule has 1 heterocycles. The predicted molar refractivity (Wildman–Crippen MR) is 80.5 cm³/mol. The van der Waals surface area contributed by atoms with Crippen molar-refractivity contribution in [1.82, 2.24) is 10.2 Å². The standard InChI is InChI=1S/C16H32N2O/c1-16(2)8-4-7-15(12-16)18(10-11-19-3)13-14-6-5-9-17-14/h14-15,17H,4-13H2,1-3H3. The van der Waals surface area contributed by atoms with Crippen molar-refractivity contribution in [3.05, 3.63) is 0 Å². The molecule has 19 heavy (non-hydrogen) atoms. The average molecular weight is 268 g/mol. The molecule has 2 aliphatic rings. The van der Waals surface area contributed by atoms with Gasteiger partial charge >= 0.3 is 0 Å². The molecule has 1 saturated heterocycles. The fraction of sp³-hybridized carbons (Fsp3) is 1.00. The van der Waals surface area contributed by atoms with Crippen molar-refractivity contribution in [2.45, 2.75) is 64.5 Å². The quantitative estimate of drug-likeness (QED) is 0.801. The molecule has 3 nitrogen and oxygen atoms in total. The van der Waals surface area contributed by atoms with E-state index in [1.807, 2.05) is 7.11 Å². The first-order valence-corrected chi connectivity index (χ1v) is 8.07. The van der Waals surface area contributed by atoms with Gasteiger partial charge in [0.25, 0.3) is 0 Å². The van der Waals surface area contributed by atoms with Gasteiger partial charge in [-0.1, -0.05) is 20.3 Å². The summed E-state index contributed by atoms with van der Waals surface area (Å²) >= 11 is 0. The summed E-state index contributed by atoms with van der Waals surface area (Å²) in [6.07, 6.45) is 8.20. The first-order valence-electron chi connectivity index (χ1n) is 8.07. The molecule has 2 unspecified atom stereocenters.